The Labute approximate surface area is 215 Å². The van der Waals surface area contributed by atoms with E-state index in [4.69, 9.17) is 21.1 Å². The minimum absolute atomic E-state index is 0.147. The average Bonchev–Trinajstić information content (AvgIpc) is 3.29. The summed E-state index contributed by atoms with van der Waals surface area (Å²) in [7, 11) is 3.09. The van der Waals surface area contributed by atoms with Crippen molar-refractivity contribution in [2.45, 2.75) is 52.4 Å². The molecule has 1 atom stereocenters. The van der Waals surface area contributed by atoms with Crippen molar-refractivity contribution in [3.63, 3.8) is 0 Å². The van der Waals surface area contributed by atoms with Crippen LogP contribution in [-0.2, 0) is 22.7 Å². The van der Waals surface area contributed by atoms with E-state index in [1.165, 1.54) is 16.8 Å². The first-order valence-electron chi connectivity index (χ1n) is 11.4. The number of aromatic nitrogens is 4. The van der Waals surface area contributed by atoms with E-state index in [0.29, 0.717) is 27.9 Å². The maximum Gasteiger partial charge on any atom is 0.247 e. The second-order valence-electron chi connectivity index (χ2n) is 9.24. The fourth-order valence-electron chi connectivity index (χ4n) is 3.48. The fourth-order valence-corrected chi connectivity index (χ4v) is 3.68. The Hall–Kier alpha value is -3.66. The van der Waals surface area contributed by atoms with Crippen LogP contribution >= 0.6 is 11.6 Å². The van der Waals surface area contributed by atoms with E-state index in [1.54, 1.807) is 38.3 Å². The Kier molecular flexibility index (Phi) is 8.52. The third-order valence-electron chi connectivity index (χ3n) is 5.34. The molecule has 0 unspecified atom stereocenters. The fraction of sp³-hybridized carbons (Fsp3) is 0.400. The molecule has 2 aromatic carbocycles. The molecular formula is C25H31ClN6O4. The first kappa shape index (κ1) is 26.9. The minimum Gasteiger partial charge on any atom is -0.493 e. The number of carbonyl (C=O) groups excluding carboxylic acids is 2. The Morgan fingerprint density at radius 2 is 1.81 bits per heavy atom. The van der Waals surface area contributed by atoms with Gasteiger partial charge in [-0.1, -0.05) is 29.8 Å². The van der Waals surface area contributed by atoms with Crippen LogP contribution in [0.1, 0.15) is 33.3 Å². The van der Waals surface area contributed by atoms with Gasteiger partial charge in [-0.15, -0.1) is 10.2 Å². The number of benzene rings is 2. The normalized spacial score (nSPS) is 12.1. The molecule has 0 spiro atoms. The molecule has 0 aliphatic heterocycles. The number of ether oxygens (including phenoxy) is 2. The molecule has 0 saturated carbocycles. The number of tetrazole rings is 1. The van der Waals surface area contributed by atoms with Gasteiger partial charge in [0.2, 0.25) is 17.6 Å². The first-order chi connectivity index (χ1) is 17.0. The van der Waals surface area contributed by atoms with Gasteiger partial charge in [-0.25, -0.2) is 0 Å². The molecule has 10 nitrogen and oxygen atoms in total. The number of halogens is 1. The molecule has 0 radical (unpaired) electrons. The van der Waals surface area contributed by atoms with Crippen molar-refractivity contribution in [2.75, 3.05) is 14.2 Å². The van der Waals surface area contributed by atoms with Crippen LogP contribution in [0.25, 0.3) is 11.4 Å². The zero-order chi connectivity index (χ0) is 26.5. The predicted octanol–water partition coefficient (Wildman–Crippen LogP) is 3.34. The lowest BCUT2D eigenvalue weighted by molar-refractivity contribution is -0.142. The average molecular weight is 515 g/mol. The number of rotatable bonds is 9. The number of carbonyl (C=O) groups is 2. The molecule has 3 rings (SSSR count). The van der Waals surface area contributed by atoms with Crippen molar-refractivity contribution < 1.29 is 19.1 Å². The van der Waals surface area contributed by atoms with Gasteiger partial charge < -0.3 is 19.7 Å². The smallest absolute Gasteiger partial charge is 0.247 e. The molecule has 0 saturated heterocycles. The van der Waals surface area contributed by atoms with Gasteiger partial charge in [-0.3, -0.25) is 9.59 Å². The number of hydrogen-bond acceptors (Lipinski definition) is 7. The van der Waals surface area contributed by atoms with Gasteiger partial charge in [0.25, 0.3) is 0 Å². The molecule has 0 aliphatic rings. The van der Waals surface area contributed by atoms with E-state index in [1.807, 2.05) is 39.0 Å². The largest absolute Gasteiger partial charge is 0.493 e. The summed E-state index contributed by atoms with van der Waals surface area (Å²) in [5.41, 5.74) is 0.921. The van der Waals surface area contributed by atoms with E-state index in [9.17, 15) is 9.59 Å². The molecule has 1 aromatic heterocycles. The van der Waals surface area contributed by atoms with Crippen molar-refractivity contribution in [1.29, 1.82) is 0 Å². The van der Waals surface area contributed by atoms with Gasteiger partial charge in [0.15, 0.2) is 11.5 Å². The van der Waals surface area contributed by atoms with Crippen LogP contribution < -0.4 is 14.8 Å². The van der Waals surface area contributed by atoms with Crippen molar-refractivity contribution in [1.82, 2.24) is 30.4 Å². The van der Waals surface area contributed by atoms with Crippen molar-refractivity contribution in [3.05, 3.63) is 53.1 Å². The van der Waals surface area contributed by atoms with Crippen LogP contribution in [0.3, 0.4) is 0 Å². The van der Waals surface area contributed by atoms with Crippen molar-refractivity contribution in [3.8, 4) is 22.9 Å². The van der Waals surface area contributed by atoms with E-state index < -0.39 is 11.6 Å². The second kappa shape index (κ2) is 11.4. The third-order valence-corrected chi connectivity index (χ3v) is 5.70. The molecular weight excluding hydrogens is 484 g/mol. The highest BCUT2D eigenvalue weighted by molar-refractivity contribution is 6.31. The Bertz CT molecular complexity index is 1220. The van der Waals surface area contributed by atoms with Gasteiger partial charge in [0.1, 0.15) is 12.6 Å². The van der Waals surface area contributed by atoms with Gasteiger partial charge >= 0.3 is 0 Å². The van der Waals surface area contributed by atoms with Crippen LogP contribution in [-0.4, -0.2) is 62.7 Å². The van der Waals surface area contributed by atoms with E-state index >= 15 is 0 Å². The lowest BCUT2D eigenvalue weighted by Gasteiger charge is -2.31. The number of nitrogens with one attached hydrogen (secondary N) is 1. The van der Waals surface area contributed by atoms with Crippen LogP contribution in [0.2, 0.25) is 5.02 Å². The second-order valence-corrected chi connectivity index (χ2v) is 9.65. The van der Waals surface area contributed by atoms with Crippen molar-refractivity contribution in [2.24, 2.45) is 0 Å². The lowest BCUT2D eigenvalue weighted by atomic mass is 10.1. The van der Waals surface area contributed by atoms with Crippen LogP contribution in [0.5, 0.6) is 11.5 Å². The summed E-state index contributed by atoms with van der Waals surface area (Å²) in [6.45, 7) is 7.26. The molecule has 0 bridgehead atoms. The van der Waals surface area contributed by atoms with Gasteiger partial charge in [0.05, 0.1) is 14.2 Å². The molecule has 192 valence electrons. The Balaban J connectivity index is 1.84. The zero-order valence-corrected chi connectivity index (χ0v) is 22.0. The van der Waals surface area contributed by atoms with Gasteiger partial charge in [-0.05, 0) is 62.7 Å². The molecule has 1 N–H and O–H groups in total. The quantitative estimate of drug-likeness (QED) is 0.466. The van der Waals surface area contributed by atoms with Gasteiger partial charge in [-0.2, -0.15) is 4.80 Å². The minimum atomic E-state index is -0.762. The standard InChI is InChI=1S/C25H31ClN6O4/c1-16(24(34)27-25(2,3)4)31(14-18-9-7-8-10-19(18)26)22(33)15-32-29-23(28-30-32)17-11-12-20(35-5)21(13-17)36-6/h7-13,16H,14-15H2,1-6H3,(H,27,34)/t16-/m0/s1. The summed E-state index contributed by atoms with van der Waals surface area (Å²) >= 11 is 6.34. The highest BCUT2D eigenvalue weighted by atomic mass is 35.5. The molecule has 3 aromatic rings. The number of amides is 2. The summed E-state index contributed by atoms with van der Waals surface area (Å²) in [5, 5.41) is 15.9. The van der Waals surface area contributed by atoms with E-state index in [0.717, 1.165) is 5.56 Å². The molecule has 36 heavy (non-hydrogen) atoms. The number of methoxy groups -OCH3 is 2. The third kappa shape index (κ3) is 6.72. The summed E-state index contributed by atoms with van der Waals surface area (Å²) in [5.74, 6) is 0.775. The summed E-state index contributed by atoms with van der Waals surface area (Å²) in [4.78, 5) is 29.0. The number of hydrogen-bond donors (Lipinski definition) is 1. The molecule has 0 aliphatic carbocycles. The highest BCUT2D eigenvalue weighted by Crippen LogP contribution is 2.30. The topological polar surface area (TPSA) is 111 Å². The lowest BCUT2D eigenvalue weighted by Crippen LogP contribution is -2.53. The maximum absolute atomic E-state index is 13.4. The zero-order valence-electron chi connectivity index (χ0n) is 21.3. The molecule has 2 amide bonds. The summed E-state index contributed by atoms with van der Waals surface area (Å²) < 4.78 is 10.6. The first-order valence-corrected chi connectivity index (χ1v) is 11.7. The van der Waals surface area contributed by atoms with Crippen LogP contribution in [0.4, 0.5) is 0 Å². The summed E-state index contributed by atoms with van der Waals surface area (Å²) in [6, 6.07) is 11.7. The van der Waals surface area contributed by atoms with E-state index in [2.05, 4.69) is 20.7 Å². The highest BCUT2D eigenvalue weighted by Gasteiger charge is 2.29. The van der Waals surface area contributed by atoms with Crippen LogP contribution in [0, 0.1) is 0 Å². The molecule has 0 fully saturated rings. The molecule has 1 heterocycles. The monoisotopic (exact) mass is 514 g/mol. The molecule has 11 heteroatoms. The number of nitrogens with zero attached hydrogens (tertiary/aromatic N) is 5. The van der Waals surface area contributed by atoms with E-state index in [-0.39, 0.29) is 24.9 Å². The summed E-state index contributed by atoms with van der Waals surface area (Å²) in [6.07, 6.45) is 0. The van der Waals surface area contributed by atoms with Gasteiger partial charge in [0, 0.05) is 22.7 Å². The van der Waals surface area contributed by atoms with Crippen LogP contribution in [0.15, 0.2) is 42.5 Å². The maximum atomic E-state index is 13.4. The SMILES string of the molecule is COc1ccc(-c2nnn(CC(=O)N(Cc3ccccc3Cl)[C@@H](C)C(=O)NC(C)(C)C)n2)cc1OC. The Morgan fingerprint density at radius 1 is 1.11 bits per heavy atom. The Morgan fingerprint density at radius 3 is 2.44 bits per heavy atom. The van der Waals surface area contributed by atoms with Crippen molar-refractivity contribution >= 4 is 23.4 Å². The predicted molar refractivity (Wildman–Crippen MR) is 136 cm³/mol.